The van der Waals surface area contributed by atoms with Crippen molar-refractivity contribution in [2.75, 3.05) is 31.6 Å². The largest absolute Gasteiger partial charge is 0.342 e. The van der Waals surface area contributed by atoms with Gasteiger partial charge in [0.25, 0.3) is 0 Å². The number of carbonyl (C=O) groups excluding carboxylic acids is 2. The van der Waals surface area contributed by atoms with Gasteiger partial charge in [0.1, 0.15) is 5.92 Å². The molecule has 0 saturated carbocycles. The van der Waals surface area contributed by atoms with Crippen molar-refractivity contribution in [1.29, 1.82) is 0 Å². The Balaban J connectivity index is 0.00000243. The molecule has 0 bridgehead atoms. The highest BCUT2D eigenvalue weighted by atomic mass is 35.5. The van der Waals surface area contributed by atoms with Gasteiger partial charge in [-0.05, 0) is 49.9 Å². The Morgan fingerprint density at radius 3 is 2.23 bits per heavy atom. The monoisotopic (exact) mass is 379 g/mol. The lowest BCUT2D eigenvalue weighted by atomic mass is 10.0. The van der Waals surface area contributed by atoms with E-state index in [0.29, 0.717) is 24.9 Å². The summed E-state index contributed by atoms with van der Waals surface area (Å²) < 4.78 is 0. The van der Waals surface area contributed by atoms with Gasteiger partial charge < -0.3 is 15.1 Å². The summed E-state index contributed by atoms with van der Waals surface area (Å²) in [6.45, 7) is 6.43. The highest BCUT2D eigenvalue weighted by Gasteiger charge is 2.40. The maximum absolute atomic E-state index is 12.8. The Bertz CT molecular complexity index is 624. The molecule has 1 atom stereocenters. The molecule has 2 saturated heterocycles. The fourth-order valence-electron chi connectivity index (χ4n) is 3.81. The Labute approximate surface area is 162 Å². The highest BCUT2D eigenvalue weighted by Crippen LogP contribution is 2.28. The normalized spacial score (nSPS) is 21.2. The molecule has 2 amide bonds. The van der Waals surface area contributed by atoms with E-state index < -0.39 is 5.92 Å². The van der Waals surface area contributed by atoms with Crippen LogP contribution in [0.3, 0.4) is 0 Å². The third-order valence-corrected chi connectivity index (χ3v) is 5.59. The van der Waals surface area contributed by atoms with Crippen molar-refractivity contribution >= 4 is 29.9 Å². The third-order valence-electron chi connectivity index (χ3n) is 5.59. The first kappa shape index (κ1) is 20.7. The molecule has 0 aliphatic carbocycles. The van der Waals surface area contributed by atoms with Crippen LogP contribution in [-0.4, -0.2) is 49.4 Å². The van der Waals surface area contributed by atoms with Crippen LogP contribution in [0, 0.1) is 5.92 Å². The second-order valence-corrected chi connectivity index (χ2v) is 7.47. The smallest absolute Gasteiger partial charge is 0.239 e. The Morgan fingerprint density at radius 2 is 1.69 bits per heavy atom. The van der Waals surface area contributed by atoms with Gasteiger partial charge in [-0.15, -0.1) is 12.4 Å². The number of likely N-dealkylation sites (tertiary alicyclic amines) is 1. The zero-order valence-corrected chi connectivity index (χ0v) is 16.7. The summed E-state index contributed by atoms with van der Waals surface area (Å²) in [6.07, 6.45) is 2.54. The number of halogens is 1. The highest BCUT2D eigenvalue weighted by molar-refractivity contribution is 6.09. The Kier molecular flexibility index (Phi) is 7.07. The van der Waals surface area contributed by atoms with E-state index in [1.165, 1.54) is 5.56 Å². The summed E-state index contributed by atoms with van der Waals surface area (Å²) in [5.41, 5.74) is 2.16. The molecule has 2 aliphatic rings. The first-order valence-corrected chi connectivity index (χ1v) is 9.38. The van der Waals surface area contributed by atoms with Crippen LogP contribution in [-0.2, 0) is 9.59 Å². The maximum atomic E-state index is 12.8. The van der Waals surface area contributed by atoms with Gasteiger partial charge in [-0.25, -0.2) is 0 Å². The van der Waals surface area contributed by atoms with Gasteiger partial charge >= 0.3 is 0 Å². The minimum Gasteiger partial charge on any atom is -0.342 e. The Morgan fingerprint density at radius 1 is 1.08 bits per heavy atom. The molecule has 144 valence electrons. The Hall–Kier alpha value is -1.59. The van der Waals surface area contributed by atoms with E-state index in [9.17, 15) is 9.59 Å². The predicted octanol–water partition coefficient (Wildman–Crippen LogP) is 2.80. The van der Waals surface area contributed by atoms with Crippen molar-refractivity contribution in [2.24, 2.45) is 5.92 Å². The van der Waals surface area contributed by atoms with Crippen LogP contribution in [0.15, 0.2) is 24.3 Å². The zero-order valence-electron chi connectivity index (χ0n) is 15.9. The molecule has 3 rings (SSSR count). The molecule has 1 aromatic rings. The van der Waals surface area contributed by atoms with Gasteiger partial charge in [0.05, 0.1) is 0 Å². The molecular weight excluding hydrogens is 350 g/mol. The summed E-state index contributed by atoms with van der Waals surface area (Å²) in [6, 6.07) is 8.63. The van der Waals surface area contributed by atoms with E-state index in [-0.39, 0.29) is 24.2 Å². The minimum absolute atomic E-state index is 0. The summed E-state index contributed by atoms with van der Waals surface area (Å²) in [5, 5.41) is 3.27. The molecule has 0 spiro atoms. The van der Waals surface area contributed by atoms with Gasteiger partial charge in [-0.3, -0.25) is 9.59 Å². The van der Waals surface area contributed by atoms with Crippen LogP contribution in [0.5, 0.6) is 0 Å². The average Bonchev–Trinajstić information content (AvgIpc) is 3.02. The van der Waals surface area contributed by atoms with Crippen molar-refractivity contribution in [3.63, 3.8) is 0 Å². The van der Waals surface area contributed by atoms with E-state index >= 15 is 0 Å². The molecule has 2 heterocycles. The predicted molar refractivity (Wildman–Crippen MR) is 107 cm³/mol. The number of benzene rings is 1. The minimum atomic E-state index is -0.504. The van der Waals surface area contributed by atoms with E-state index in [0.717, 1.165) is 31.6 Å². The van der Waals surface area contributed by atoms with Crippen molar-refractivity contribution in [1.82, 2.24) is 10.2 Å². The first-order chi connectivity index (χ1) is 12.0. The molecule has 0 radical (unpaired) electrons. The van der Waals surface area contributed by atoms with E-state index in [2.05, 4.69) is 31.3 Å². The quantitative estimate of drug-likeness (QED) is 0.818. The van der Waals surface area contributed by atoms with Crippen LogP contribution >= 0.6 is 12.4 Å². The molecule has 26 heavy (non-hydrogen) atoms. The lowest BCUT2D eigenvalue weighted by Crippen LogP contribution is -2.47. The number of anilines is 1. The van der Waals surface area contributed by atoms with Crippen molar-refractivity contribution in [3.05, 3.63) is 29.8 Å². The number of hydrogen-bond donors (Lipinski definition) is 1. The molecule has 1 N–H and O–H groups in total. The third kappa shape index (κ3) is 4.21. The number of amides is 2. The zero-order chi connectivity index (χ0) is 18.0. The molecular formula is C20H30ClN3O2. The standard InChI is InChI=1S/C20H29N3O2.ClH/c1-14(2)15-4-6-17(7-5-15)23-13-10-18(20(23)25)19(24)22-11-8-16(21-3)9-12-22;/h4-7,14,16,18,21H,8-13H2,1-3H3;1H. The fourth-order valence-corrected chi connectivity index (χ4v) is 3.81. The van der Waals surface area contributed by atoms with E-state index in [4.69, 9.17) is 0 Å². The molecule has 1 unspecified atom stereocenters. The molecule has 6 heteroatoms. The molecule has 5 nitrogen and oxygen atoms in total. The molecule has 0 aromatic heterocycles. The van der Waals surface area contributed by atoms with Crippen LogP contribution in [0.25, 0.3) is 0 Å². The number of piperidine rings is 1. The topological polar surface area (TPSA) is 52.7 Å². The van der Waals surface area contributed by atoms with E-state index in [1.54, 1.807) is 4.90 Å². The van der Waals surface area contributed by atoms with Crippen molar-refractivity contribution < 1.29 is 9.59 Å². The second kappa shape index (κ2) is 8.87. The number of nitrogens with zero attached hydrogens (tertiary/aromatic N) is 2. The summed E-state index contributed by atoms with van der Waals surface area (Å²) in [4.78, 5) is 29.2. The lowest BCUT2D eigenvalue weighted by molar-refractivity contribution is -0.140. The van der Waals surface area contributed by atoms with Gasteiger partial charge in [-0.1, -0.05) is 26.0 Å². The molecule has 1 aromatic carbocycles. The summed E-state index contributed by atoms with van der Waals surface area (Å²) in [7, 11) is 1.96. The first-order valence-electron chi connectivity index (χ1n) is 9.38. The van der Waals surface area contributed by atoms with Crippen LogP contribution < -0.4 is 10.2 Å². The van der Waals surface area contributed by atoms with Crippen LogP contribution in [0.1, 0.15) is 44.6 Å². The summed E-state index contributed by atoms with van der Waals surface area (Å²) in [5.74, 6) is -0.0620. The summed E-state index contributed by atoms with van der Waals surface area (Å²) >= 11 is 0. The van der Waals surface area contributed by atoms with Crippen molar-refractivity contribution in [2.45, 2.75) is 45.1 Å². The van der Waals surface area contributed by atoms with Gasteiger partial charge in [0, 0.05) is 31.4 Å². The van der Waals surface area contributed by atoms with Crippen LogP contribution in [0.4, 0.5) is 5.69 Å². The number of carbonyl (C=O) groups is 2. The SMILES string of the molecule is CNC1CCN(C(=O)C2CCN(c3ccc(C(C)C)cc3)C2=O)CC1.Cl. The van der Waals surface area contributed by atoms with Crippen molar-refractivity contribution in [3.8, 4) is 0 Å². The maximum Gasteiger partial charge on any atom is 0.239 e. The fraction of sp³-hybridized carbons (Fsp3) is 0.600. The second-order valence-electron chi connectivity index (χ2n) is 7.47. The van der Waals surface area contributed by atoms with E-state index in [1.807, 2.05) is 24.1 Å². The molecule has 2 aliphatic heterocycles. The lowest BCUT2D eigenvalue weighted by Gasteiger charge is -2.33. The van der Waals surface area contributed by atoms with Gasteiger partial charge in [-0.2, -0.15) is 0 Å². The number of rotatable bonds is 4. The van der Waals surface area contributed by atoms with Crippen LogP contribution in [0.2, 0.25) is 0 Å². The molecule has 2 fully saturated rings. The van der Waals surface area contributed by atoms with Gasteiger partial charge in [0.15, 0.2) is 0 Å². The average molecular weight is 380 g/mol. The van der Waals surface area contributed by atoms with Gasteiger partial charge in [0.2, 0.25) is 11.8 Å². The number of hydrogen-bond acceptors (Lipinski definition) is 3. The number of nitrogens with one attached hydrogen (secondary N) is 1.